The second-order valence-corrected chi connectivity index (χ2v) is 21.0. The molecule has 0 amide bonds. The molecule has 1 spiro atoms. The smallest absolute Gasteiger partial charge is 0.187 e. The van der Waals surface area contributed by atoms with Crippen LogP contribution in [-0.4, -0.2) is 140 Å². The summed E-state index contributed by atoms with van der Waals surface area (Å²) in [6.07, 6.45) is -3.39. The zero-order chi connectivity index (χ0) is 39.9. The van der Waals surface area contributed by atoms with E-state index in [1.165, 1.54) is 0 Å². The molecule has 21 atom stereocenters. The maximum Gasteiger partial charge on any atom is 0.187 e. The van der Waals surface area contributed by atoms with E-state index in [0.717, 1.165) is 38.5 Å². The van der Waals surface area contributed by atoms with Crippen LogP contribution in [0.3, 0.4) is 0 Å². The Morgan fingerprint density at radius 3 is 2.13 bits per heavy atom. The molecule has 0 aromatic heterocycles. The lowest BCUT2D eigenvalue weighted by molar-refractivity contribution is -0.367. The van der Waals surface area contributed by atoms with E-state index in [2.05, 4.69) is 53.7 Å². The first-order chi connectivity index (χ1) is 25.7. The lowest BCUT2D eigenvalue weighted by Crippen LogP contribution is -2.72. The molecule has 3 saturated heterocycles. The molecule has 8 rings (SSSR count). The molecular formula is C42H68O13. The summed E-state index contributed by atoms with van der Waals surface area (Å²) in [5.41, 5.74) is -1.90. The molecule has 8 N–H and O–H groups in total. The van der Waals surface area contributed by atoms with Gasteiger partial charge in [0.2, 0.25) is 0 Å². The maximum absolute atomic E-state index is 12.1. The fourth-order valence-electron chi connectivity index (χ4n) is 14.3. The Bertz CT molecular complexity index is 1490. The van der Waals surface area contributed by atoms with Gasteiger partial charge in [0.1, 0.15) is 42.7 Å². The van der Waals surface area contributed by atoms with Gasteiger partial charge in [-0.05, 0) is 86.4 Å². The Morgan fingerprint density at radius 2 is 1.44 bits per heavy atom. The molecule has 13 heteroatoms. The minimum Gasteiger partial charge on any atom is -0.396 e. The van der Waals surface area contributed by atoms with Crippen LogP contribution in [0.25, 0.3) is 0 Å². The molecule has 8 aliphatic rings. The van der Waals surface area contributed by atoms with E-state index in [-0.39, 0.29) is 51.4 Å². The molecule has 0 unspecified atom stereocenters. The van der Waals surface area contributed by atoms with Gasteiger partial charge in [-0.1, -0.05) is 53.7 Å². The normalized spacial score (nSPS) is 59.7. The SMILES string of the molecule is C[C@@H]1O[C@H](O[C@@H]2CC[C@]3(C)[C@H](CC[C@@]4(C)[C@H]3C=C[C@@]35OC[C@]6(CCC(C)(C)C[C@@H]63)[C@H](O)C[C@]45C)[C@@]2(C)CO)[C@@H](O)[C@H](O[C@H]2O[C@@H](CO)[C@H](O)[C@@H](O)[C@@H]2O)[C@@H]1O. The standard InChI is InChI=1S/C42H68O13/c1-21-28(46)33(55-34-31(49)30(48)29(47)22(18-43)53-34)32(50)35(52-21)54-27-10-11-37(4)23(38(27,5)19-44)8-12-39(6)24(37)9-13-42-25-16-36(2,3)14-15-41(25,20-51-42)26(45)17-40(39,42)7/h9,13,21-35,43-50H,8,10-12,14-20H2,1-7H3/t21-,22-,23-,24-,25-,26+,27+,28+,29-,30+,31-,32-,33+,34+,35+,37+,38+,39-,40+,41-,42+/m0/s1. The van der Waals surface area contributed by atoms with Crippen molar-refractivity contribution in [2.75, 3.05) is 19.8 Å². The largest absolute Gasteiger partial charge is 0.396 e. The fourth-order valence-corrected chi connectivity index (χ4v) is 14.3. The highest BCUT2D eigenvalue weighted by atomic mass is 16.7. The third kappa shape index (κ3) is 5.44. The van der Waals surface area contributed by atoms with Crippen molar-refractivity contribution in [1.82, 2.24) is 0 Å². The predicted octanol–water partition coefficient (Wildman–Crippen LogP) is 1.78. The first-order valence-corrected chi connectivity index (χ1v) is 20.9. The molecule has 5 aliphatic carbocycles. The van der Waals surface area contributed by atoms with Crippen LogP contribution in [0.1, 0.15) is 99.8 Å². The monoisotopic (exact) mass is 780 g/mol. The van der Waals surface area contributed by atoms with Gasteiger partial charge in [0.05, 0.1) is 43.7 Å². The second-order valence-electron chi connectivity index (χ2n) is 21.0. The highest BCUT2D eigenvalue weighted by molar-refractivity contribution is 5.36. The quantitative estimate of drug-likeness (QED) is 0.143. The summed E-state index contributed by atoms with van der Waals surface area (Å²) in [5, 5.41) is 87.0. The molecule has 2 bridgehead atoms. The third-order valence-electron chi connectivity index (χ3n) is 17.9. The molecule has 0 aromatic carbocycles. The summed E-state index contributed by atoms with van der Waals surface area (Å²) in [7, 11) is 0. The van der Waals surface area contributed by atoms with E-state index >= 15 is 0 Å². The van der Waals surface area contributed by atoms with Crippen LogP contribution in [0.4, 0.5) is 0 Å². The van der Waals surface area contributed by atoms with Gasteiger partial charge in [-0.25, -0.2) is 0 Å². The average Bonchev–Trinajstić information content (AvgIpc) is 3.41. The number of hydrogen-bond donors (Lipinski definition) is 8. The first kappa shape index (κ1) is 41.0. The summed E-state index contributed by atoms with van der Waals surface area (Å²) < 4.78 is 31.2. The van der Waals surface area contributed by atoms with Gasteiger partial charge in [-0.3, -0.25) is 0 Å². The van der Waals surface area contributed by atoms with Gasteiger partial charge in [-0.2, -0.15) is 0 Å². The predicted molar refractivity (Wildman–Crippen MR) is 197 cm³/mol. The molecule has 3 aliphatic heterocycles. The molecular weight excluding hydrogens is 712 g/mol. The summed E-state index contributed by atoms with van der Waals surface area (Å²) in [5.74, 6) is 0.449. The number of hydrogen-bond acceptors (Lipinski definition) is 13. The van der Waals surface area contributed by atoms with E-state index in [4.69, 9.17) is 23.7 Å². The minimum atomic E-state index is -1.72. The van der Waals surface area contributed by atoms with E-state index < -0.39 is 91.2 Å². The molecule has 314 valence electrons. The average molecular weight is 781 g/mol. The first-order valence-electron chi connectivity index (χ1n) is 20.9. The van der Waals surface area contributed by atoms with Crippen LogP contribution in [-0.2, 0) is 23.7 Å². The molecule has 13 nitrogen and oxygen atoms in total. The van der Waals surface area contributed by atoms with E-state index in [0.29, 0.717) is 19.4 Å². The summed E-state index contributed by atoms with van der Waals surface area (Å²) in [6.45, 7) is 15.4. The Kier molecular flexibility index (Phi) is 9.95. The van der Waals surface area contributed by atoms with Gasteiger partial charge in [-0.15, -0.1) is 0 Å². The van der Waals surface area contributed by atoms with Gasteiger partial charge >= 0.3 is 0 Å². The van der Waals surface area contributed by atoms with Crippen molar-refractivity contribution >= 4 is 0 Å². The maximum atomic E-state index is 12.1. The Hall–Kier alpha value is -0.780. The van der Waals surface area contributed by atoms with Crippen LogP contribution in [0.2, 0.25) is 0 Å². The van der Waals surface area contributed by atoms with Crippen LogP contribution < -0.4 is 0 Å². The van der Waals surface area contributed by atoms with Gasteiger partial charge in [0, 0.05) is 22.2 Å². The lowest BCUT2D eigenvalue weighted by atomic mass is 9.32. The van der Waals surface area contributed by atoms with E-state index in [1.54, 1.807) is 6.92 Å². The van der Waals surface area contributed by atoms with Gasteiger partial charge in [0.15, 0.2) is 12.6 Å². The van der Waals surface area contributed by atoms with Crippen molar-refractivity contribution in [3.05, 3.63) is 12.2 Å². The van der Waals surface area contributed by atoms with Crippen molar-refractivity contribution < 1.29 is 64.5 Å². The summed E-state index contributed by atoms with van der Waals surface area (Å²) >= 11 is 0. The number of allylic oxidation sites excluding steroid dienone is 1. The van der Waals surface area contributed by atoms with Crippen molar-refractivity contribution in [3.63, 3.8) is 0 Å². The van der Waals surface area contributed by atoms with Crippen molar-refractivity contribution in [2.24, 2.45) is 50.2 Å². The molecule has 4 saturated carbocycles. The van der Waals surface area contributed by atoms with Crippen molar-refractivity contribution in [1.29, 1.82) is 0 Å². The van der Waals surface area contributed by atoms with Gasteiger partial charge < -0.3 is 64.5 Å². The summed E-state index contributed by atoms with van der Waals surface area (Å²) in [6, 6.07) is 0. The second kappa shape index (κ2) is 13.4. The van der Waals surface area contributed by atoms with E-state index in [9.17, 15) is 40.9 Å². The molecule has 7 fully saturated rings. The number of fused-ring (bicyclic) bond motifs is 4. The third-order valence-corrected chi connectivity index (χ3v) is 17.9. The Morgan fingerprint density at radius 1 is 0.727 bits per heavy atom. The van der Waals surface area contributed by atoms with Crippen LogP contribution in [0, 0.1) is 50.2 Å². The number of rotatable bonds is 6. The van der Waals surface area contributed by atoms with Crippen LogP contribution in [0.15, 0.2) is 12.2 Å². The number of aliphatic hydroxyl groups is 8. The highest BCUT2D eigenvalue weighted by Crippen LogP contribution is 2.79. The van der Waals surface area contributed by atoms with Crippen LogP contribution in [0.5, 0.6) is 0 Å². The van der Waals surface area contributed by atoms with E-state index in [1.807, 2.05) is 0 Å². The van der Waals surface area contributed by atoms with Crippen LogP contribution >= 0.6 is 0 Å². The lowest BCUT2D eigenvalue weighted by Gasteiger charge is -2.73. The number of ether oxygens (including phenoxy) is 5. The fraction of sp³-hybridized carbons (Fsp3) is 0.952. The minimum absolute atomic E-state index is 0.0414. The Labute approximate surface area is 325 Å². The van der Waals surface area contributed by atoms with Gasteiger partial charge in [0.25, 0.3) is 0 Å². The Balaban J connectivity index is 1.05. The van der Waals surface area contributed by atoms with Crippen molar-refractivity contribution in [3.8, 4) is 0 Å². The molecule has 3 heterocycles. The molecule has 0 radical (unpaired) electrons. The molecule has 55 heavy (non-hydrogen) atoms. The topological polar surface area (TPSA) is 208 Å². The summed E-state index contributed by atoms with van der Waals surface area (Å²) in [4.78, 5) is 0. The van der Waals surface area contributed by atoms with Crippen molar-refractivity contribution in [2.45, 2.75) is 179 Å². The zero-order valence-corrected chi connectivity index (χ0v) is 33.7. The zero-order valence-electron chi connectivity index (χ0n) is 33.7. The molecule has 0 aromatic rings. The highest BCUT2D eigenvalue weighted by Gasteiger charge is 2.79. The number of aliphatic hydroxyl groups excluding tert-OH is 8.